The monoisotopic (exact) mass is 682 g/mol. The van der Waals surface area contributed by atoms with E-state index < -0.39 is 5.97 Å². The van der Waals surface area contributed by atoms with Crippen molar-refractivity contribution in [1.29, 1.82) is 0 Å². The highest BCUT2D eigenvalue weighted by atomic mass is 19.1. The fourth-order valence-corrected chi connectivity index (χ4v) is 7.16. The lowest BCUT2D eigenvalue weighted by Gasteiger charge is -2.21. The van der Waals surface area contributed by atoms with Crippen LogP contribution in [0.2, 0.25) is 0 Å². The minimum atomic E-state index is -0.395. The van der Waals surface area contributed by atoms with Crippen molar-refractivity contribution in [3.63, 3.8) is 0 Å². The standard InChI is InChI=1S/C21H23FO3.C21H21FO3/c2*1-13-5-4-6-16(13)18-11-14(21(23)25-3)7-9-17(18)19-12-15(24-2)8-10-20(19)22/h7-13,16H,4-6H2,1-3H3;4,6-13,16H,5H2,1-3H3. The highest BCUT2D eigenvalue weighted by molar-refractivity contribution is 5.91. The zero-order valence-corrected chi connectivity index (χ0v) is 29.4. The molecule has 0 saturated heterocycles. The Morgan fingerprint density at radius 3 is 1.58 bits per heavy atom. The molecule has 2 aliphatic carbocycles. The Bertz CT molecular complexity index is 1880. The molecule has 50 heavy (non-hydrogen) atoms. The molecular weight excluding hydrogens is 638 g/mol. The van der Waals surface area contributed by atoms with E-state index >= 15 is 0 Å². The van der Waals surface area contributed by atoms with Gasteiger partial charge in [-0.1, -0.05) is 51.0 Å². The summed E-state index contributed by atoms with van der Waals surface area (Å²) in [5, 5.41) is 0. The summed E-state index contributed by atoms with van der Waals surface area (Å²) in [5.74, 6) is 1.16. The summed E-state index contributed by atoms with van der Waals surface area (Å²) in [7, 11) is 5.85. The number of carbonyl (C=O) groups excluding carboxylic acids is 2. The molecule has 0 radical (unpaired) electrons. The molecule has 6 nitrogen and oxygen atoms in total. The Labute approximate surface area is 293 Å². The molecule has 0 N–H and O–H groups in total. The van der Waals surface area contributed by atoms with Crippen molar-refractivity contribution in [3.05, 3.63) is 119 Å². The molecule has 0 spiro atoms. The highest BCUT2D eigenvalue weighted by Gasteiger charge is 2.29. The van der Waals surface area contributed by atoms with Crippen molar-refractivity contribution in [2.45, 2.75) is 51.4 Å². The molecule has 0 bridgehead atoms. The van der Waals surface area contributed by atoms with Crippen LogP contribution in [0.15, 0.2) is 84.9 Å². The first-order chi connectivity index (χ1) is 24.1. The Kier molecular flexibility index (Phi) is 11.7. The van der Waals surface area contributed by atoms with Gasteiger partial charge in [-0.15, -0.1) is 0 Å². The quantitative estimate of drug-likeness (QED) is 0.136. The van der Waals surface area contributed by atoms with Crippen molar-refractivity contribution < 1.29 is 37.3 Å². The summed E-state index contributed by atoms with van der Waals surface area (Å²) < 4.78 is 49.2. The van der Waals surface area contributed by atoms with Crippen molar-refractivity contribution in [2.24, 2.45) is 11.8 Å². The molecule has 0 amide bonds. The summed E-state index contributed by atoms with van der Waals surface area (Å²) in [6.07, 6.45) is 8.56. The van der Waals surface area contributed by atoms with Crippen molar-refractivity contribution in [1.82, 2.24) is 0 Å². The van der Waals surface area contributed by atoms with E-state index in [9.17, 15) is 18.4 Å². The number of esters is 2. The Balaban J connectivity index is 0.000000194. The molecule has 4 aromatic rings. The number of carbonyl (C=O) groups is 2. The zero-order chi connectivity index (χ0) is 35.9. The molecule has 0 heterocycles. The molecule has 6 rings (SSSR count). The van der Waals surface area contributed by atoms with Crippen molar-refractivity contribution in [3.8, 4) is 33.8 Å². The van der Waals surface area contributed by atoms with Gasteiger partial charge in [0.25, 0.3) is 0 Å². The van der Waals surface area contributed by atoms with Crippen LogP contribution in [0, 0.1) is 23.5 Å². The zero-order valence-electron chi connectivity index (χ0n) is 29.4. The average molecular weight is 683 g/mol. The maximum Gasteiger partial charge on any atom is 0.337 e. The van der Waals surface area contributed by atoms with Crippen molar-refractivity contribution >= 4 is 11.9 Å². The first-order valence-electron chi connectivity index (χ1n) is 16.9. The van der Waals surface area contributed by atoms with E-state index in [0.29, 0.717) is 51.5 Å². The van der Waals surface area contributed by atoms with Crippen LogP contribution in [-0.2, 0) is 9.47 Å². The number of hydrogen-bond donors (Lipinski definition) is 0. The molecule has 1 saturated carbocycles. The van der Waals surface area contributed by atoms with Gasteiger partial charge < -0.3 is 18.9 Å². The number of methoxy groups -OCH3 is 4. The van der Waals surface area contributed by atoms with E-state index in [1.165, 1.54) is 26.4 Å². The van der Waals surface area contributed by atoms with Crippen LogP contribution in [0.5, 0.6) is 11.5 Å². The minimum Gasteiger partial charge on any atom is -0.497 e. The maximum atomic E-state index is 14.5. The molecule has 2 aliphatic rings. The van der Waals surface area contributed by atoms with Gasteiger partial charge >= 0.3 is 11.9 Å². The molecule has 262 valence electrons. The third kappa shape index (κ3) is 7.75. The predicted octanol–water partition coefficient (Wildman–Crippen LogP) is 10.2. The maximum absolute atomic E-state index is 14.5. The Morgan fingerprint density at radius 1 is 0.620 bits per heavy atom. The summed E-state index contributed by atoms with van der Waals surface area (Å²) >= 11 is 0. The van der Waals surface area contributed by atoms with E-state index in [2.05, 4.69) is 26.0 Å². The first-order valence-corrected chi connectivity index (χ1v) is 16.9. The molecule has 4 atom stereocenters. The lowest BCUT2D eigenvalue weighted by Crippen LogP contribution is -2.08. The second kappa shape index (κ2) is 16.2. The van der Waals surface area contributed by atoms with E-state index in [-0.39, 0.29) is 23.5 Å². The van der Waals surface area contributed by atoms with Gasteiger partial charge in [-0.2, -0.15) is 0 Å². The largest absolute Gasteiger partial charge is 0.497 e. The van der Waals surface area contributed by atoms with Crippen LogP contribution in [0.4, 0.5) is 8.78 Å². The number of allylic oxidation sites excluding steroid dienone is 2. The molecule has 1 fully saturated rings. The SMILES string of the molecule is COC(=O)c1ccc(-c2cc(OC)ccc2F)c(C2C=CCC2C)c1.COC(=O)c1ccc(-c2cc(OC)ccc2F)c(C2CCCC2C)c1. The Morgan fingerprint density at radius 2 is 1.14 bits per heavy atom. The summed E-state index contributed by atoms with van der Waals surface area (Å²) in [6.45, 7) is 4.37. The van der Waals surface area contributed by atoms with Gasteiger partial charge in [-0.05, 0) is 114 Å². The van der Waals surface area contributed by atoms with Gasteiger partial charge in [-0.25, -0.2) is 18.4 Å². The van der Waals surface area contributed by atoms with Crippen LogP contribution >= 0.6 is 0 Å². The number of benzene rings is 4. The van der Waals surface area contributed by atoms with E-state index in [4.69, 9.17) is 18.9 Å². The number of rotatable bonds is 8. The molecule has 0 aliphatic heterocycles. The molecular formula is C42H44F2O6. The van der Waals surface area contributed by atoms with Gasteiger partial charge in [0.15, 0.2) is 0 Å². The second-order valence-electron chi connectivity index (χ2n) is 13.0. The lowest BCUT2D eigenvalue weighted by atomic mass is 9.84. The predicted molar refractivity (Wildman–Crippen MR) is 191 cm³/mol. The molecule has 4 aromatic carbocycles. The van der Waals surface area contributed by atoms with E-state index in [1.807, 2.05) is 18.2 Å². The van der Waals surface area contributed by atoms with Gasteiger partial charge in [0.1, 0.15) is 23.1 Å². The fourth-order valence-electron chi connectivity index (χ4n) is 7.16. The van der Waals surface area contributed by atoms with Crippen molar-refractivity contribution in [2.75, 3.05) is 28.4 Å². The van der Waals surface area contributed by atoms with Crippen LogP contribution in [-0.4, -0.2) is 40.4 Å². The van der Waals surface area contributed by atoms with Crippen LogP contribution < -0.4 is 9.47 Å². The first kappa shape index (κ1) is 36.3. The summed E-state index contributed by atoms with van der Waals surface area (Å²) in [6, 6.07) is 20.1. The lowest BCUT2D eigenvalue weighted by molar-refractivity contribution is 0.0591. The number of halogens is 2. The summed E-state index contributed by atoms with van der Waals surface area (Å²) in [4.78, 5) is 23.9. The van der Waals surface area contributed by atoms with Crippen LogP contribution in [0.3, 0.4) is 0 Å². The third-order valence-electron chi connectivity index (χ3n) is 9.96. The van der Waals surface area contributed by atoms with Gasteiger partial charge in [0, 0.05) is 17.0 Å². The van der Waals surface area contributed by atoms with Gasteiger partial charge in [0.05, 0.1) is 39.6 Å². The van der Waals surface area contributed by atoms with Gasteiger partial charge in [-0.3, -0.25) is 0 Å². The number of ether oxygens (including phenoxy) is 4. The average Bonchev–Trinajstić information content (AvgIpc) is 3.78. The molecule has 4 unspecified atom stereocenters. The molecule has 0 aromatic heterocycles. The molecule has 8 heteroatoms. The number of hydrogen-bond acceptors (Lipinski definition) is 6. The van der Waals surface area contributed by atoms with Crippen LogP contribution in [0.1, 0.15) is 83.2 Å². The third-order valence-corrected chi connectivity index (χ3v) is 9.96. The topological polar surface area (TPSA) is 71.1 Å². The summed E-state index contributed by atoms with van der Waals surface area (Å²) in [5.41, 5.74) is 5.48. The van der Waals surface area contributed by atoms with Crippen LogP contribution in [0.25, 0.3) is 22.3 Å². The smallest absolute Gasteiger partial charge is 0.337 e. The second-order valence-corrected chi connectivity index (χ2v) is 13.0. The van der Waals surface area contributed by atoms with E-state index in [1.54, 1.807) is 56.7 Å². The fraction of sp³-hybridized carbons (Fsp3) is 0.333. The highest BCUT2D eigenvalue weighted by Crippen LogP contribution is 2.45. The van der Waals surface area contributed by atoms with E-state index in [0.717, 1.165) is 47.9 Å². The Hall–Kier alpha value is -4.98. The normalized spacial score (nSPS) is 19.4. The minimum absolute atomic E-state index is 0.130. The van der Waals surface area contributed by atoms with Gasteiger partial charge in [0.2, 0.25) is 0 Å².